The highest BCUT2D eigenvalue weighted by molar-refractivity contribution is 5.72. The van der Waals surface area contributed by atoms with Crippen molar-refractivity contribution in [3.63, 3.8) is 0 Å². The molecule has 0 fully saturated rings. The highest BCUT2D eigenvalue weighted by atomic mass is 16.5. The van der Waals surface area contributed by atoms with E-state index >= 15 is 0 Å². The molecule has 0 saturated carbocycles. The maximum absolute atomic E-state index is 13.3. The van der Waals surface area contributed by atoms with Gasteiger partial charge in [0, 0.05) is 29.1 Å². The smallest absolute Gasteiger partial charge is 0.277 e. The van der Waals surface area contributed by atoms with Crippen LogP contribution in [-0.4, -0.2) is 36.5 Å². The van der Waals surface area contributed by atoms with E-state index in [1.165, 1.54) is 9.08 Å². The second-order valence-electron chi connectivity index (χ2n) is 7.62. The van der Waals surface area contributed by atoms with E-state index in [0.717, 1.165) is 16.7 Å². The topological polar surface area (TPSA) is 108 Å². The van der Waals surface area contributed by atoms with Gasteiger partial charge in [0.25, 0.3) is 5.56 Å². The van der Waals surface area contributed by atoms with Crippen LogP contribution in [0.2, 0.25) is 0 Å². The van der Waals surface area contributed by atoms with Gasteiger partial charge in [-0.3, -0.25) is 4.79 Å². The number of methoxy groups -OCH3 is 1. The Balaban J connectivity index is 1.51. The van der Waals surface area contributed by atoms with Crippen LogP contribution in [0.3, 0.4) is 0 Å². The minimum absolute atomic E-state index is 0.0993. The summed E-state index contributed by atoms with van der Waals surface area (Å²) in [6.07, 6.45) is 3.28. The molecule has 5 aromatic rings. The predicted octanol–water partition coefficient (Wildman–Crippen LogP) is 3.07. The number of ether oxygens (including phenoxy) is 1. The van der Waals surface area contributed by atoms with Crippen molar-refractivity contribution < 1.29 is 14.4 Å². The SMILES string of the molecule is COc1ccc(-c2nn3ccn(Cc4nc(-c5cccc(C)c5)no4)c(=O)c3c2CO)cc1. The number of hydrogen-bond acceptors (Lipinski definition) is 7. The van der Waals surface area contributed by atoms with Gasteiger partial charge >= 0.3 is 0 Å². The maximum atomic E-state index is 13.3. The molecule has 0 bridgehead atoms. The van der Waals surface area contributed by atoms with Crippen LogP contribution in [0.4, 0.5) is 0 Å². The molecule has 9 nitrogen and oxygen atoms in total. The lowest BCUT2D eigenvalue weighted by Crippen LogP contribution is -2.22. The molecule has 1 N–H and O–H groups in total. The van der Waals surface area contributed by atoms with Gasteiger partial charge in [-0.15, -0.1) is 0 Å². The Morgan fingerprint density at radius 3 is 2.64 bits per heavy atom. The first kappa shape index (κ1) is 20.7. The van der Waals surface area contributed by atoms with Gasteiger partial charge < -0.3 is 18.9 Å². The summed E-state index contributed by atoms with van der Waals surface area (Å²) in [7, 11) is 1.59. The summed E-state index contributed by atoms with van der Waals surface area (Å²) in [4.78, 5) is 17.7. The molecule has 0 unspecified atom stereocenters. The molecule has 0 amide bonds. The van der Waals surface area contributed by atoms with E-state index in [9.17, 15) is 9.90 Å². The number of aliphatic hydroxyl groups excluding tert-OH is 1. The Morgan fingerprint density at radius 1 is 1.09 bits per heavy atom. The number of benzene rings is 2. The number of nitrogens with zero attached hydrogens (tertiary/aromatic N) is 5. The number of aryl methyl sites for hydroxylation is 1. The van der Waals surface area contributed by atoms with Crippen LogP contribution in [-0.2, 0) is 13.2 Å². The van der Waals surface area contributed by atoms with Crippen LogP contribution >= 0.6 is 0 Å². The molecule has 0 spiro atoms. The fraction of sp³-hybridized carbons (Fsp3) is 0.167. The largest absolute Gasteiger partial charge is 0.497 e. The Bertz CT molecular complexity index is 1500. The summed E-state index contributed by atoms with van der Waals surface area (Å²) >= 11 is 0. The zero-order valence-electron chi connectivity index (χ0n) is 18.1. The van der Waals surface area contributed by atoms with Crippen molar-refractivity contribution in [2.45, 2.75) is 20.1 Å². The molecule has 0 aliphatic rings. The number of hydrogen-bond donors (Lipinski definition) is 1. The van der Waals surface area contributed by atoms with E-state index in [2.05, 4.69) is 15.2 Å². The average molecular weight is 443 g/mol. The van der Waals surface area contributed by atoms with Crippen LogP contribution in [0.5, 0.6) is 5.75 Å². The van der Waals surface area contributed by atoms with Crippen LogP contribution in [0.25, 0.3) is 28.2 Å². The molecule has 3 heterocycles. The fourth-order valence-corrected chi connectivity index (χ4v) is 3.77. The minimum Gasteiger partial charge on any atom is -0.497 e. The summed E-state index contributed by atoms with van der Waals surface area (Å²) in [5.41, 5.74) is 3.67. The van der Waals surface area contributed by atoms with E-state index in [1.54, 1.807) is 31.6 Å². The van der Waals surface area contributed by atoms with Crippen molar-refractivity contribution in [2.24, 2.45) is 0 Å². The quantitative estimate of drug-likeness (QED) is 0.430. The third-order valence-electron chi connectivity index (χ3n) is 5.43. The maximum Gasteiger partial charge on any atom is 0.277 e. The third-order valence-corrected chi connectivity index (χ3v) is 5.43. The molecule has 0 saturated heterocycles. The lowest BCUT2D eigenvalue weighted by Gasteiger charge is -2.04. The molecule has 2 aromatic carbocycles. The molecule has 5 rings (SSSR count). The second kappa shape index (κ2) is 8.36. The van der Waals surface area contributed by atoms with E-state index in [0.29, 0.717) is 34.2 Å². The molecule has 0 aliphatic heterocycles. The Labute approximate surface area is 188 Å². The monoisotopic (exact) mass is 443 g/mol. The van der Waals surface area contributed by atoms with Crippen molar-refractivity contribution in [3.8, 4) is 28.4 Å². The van der Waals surface area contributed by atoms with Gasteiger partial charge in [-0.25, -0.2) is 4.52 Å². The fourth-order valence-electron chi connectivity index (χ4n) is 3.77. The van der Waals surface area contributed by atoms with E-state index in [1.807, 2.05) is 43.3 Å². The molecule has 0 radical (unpaired) electrons. The first-order chi connectivity index (χ1) is 16.1. The highest BCUT2D eigenvalue weighted by Crippen LogP contribution is 2.26. The van der Waals surface area contributed by atoms with Crippen molar-refractivity contribution in [1.82, 2.24) is 24.3 Å². The summed E-state index contributed by atoms with van der Waals surface area (Å²) in [5.74, 6) is 1.48. The number of fused-ring (bicyclic) bond motifs is 1. The lowest BCUT2D eigenvalue weighted by molar-refractivity contribution is 0.283. The summed E-state index contributed by atoms with van der Waals surface area (Å²) in [6.45, 7) is 1.76. The van der Waals surface area contributed by atoms with Gasteiger partial charge in [-0.05, 0) is 37.3 Å². The van der Waals surface area contributed by atoms with Crippen molar-refractivity contribution in [3.05, 3.63) is 88.3 Å². The predicted molar refractivity (Wildman–Crippen MR) is 121 cm³/mol. The lowest BCUT2D eigenvalue weighted by atomic mass is 10.1. The number of aromatic nitrogens is 5. The number of aliphatic hydroxyl groups is 1. The third kappa shape index (κ3) is 3.79. The van der Waals surface area contributed by atoms with Crippen molar-refractivity contribution >= 4 is 5.52 Å². The summed E-state index contributed by atoms with van der Waals surface area (Å²) in [6, 6.07) is 15.1. The molecule has 3 aromatic heterocycles. The van der Waals surface area contributed by atoms with E-state index in [4.69, 9.17) is 9.26 Å². The first-order valence-electron chi connectivity index (χ1n) is 10.3. The zero-order chi connectivity index (χ0) is 22.9. The van der Waals surface area contributed by atoms with Gasteiger partial charge in [0.05, 0.1) is 19.4 Å². The van der Waals surface area contributed by atoms with Crippen LogP contribution < -0.4 is 10.3 Å². The van der Waals surface area contributed by atoms with Crippen LogP contribution in [0.15, 0.2) is 70.2 Å². The van der Waals surface area contributed by atoms with Gasteiger partial charge in [-0.1, -0.05) is 28.9 Å². The molecular weight excluding hydrogens is 422 g/mol. The molecule has 0 aliphatic carbocycles. The zero-order valence-corrected chi connectivity index (χ0v) is 18.1. The van der Waals surface area contributed by atoms with Crippen LogP contribution in [0.1, 0.15) is 17.0 Å². The summed E-state index contributed by atoms with van der Waals surface area (Å²) in [5, 5.41) is 18.6. The van der Waals surface area contributed by atoms with E-state index in [-0.39, 0.29) is 18.7 Å². The van der Waals surface area contributed by atoms with Crippen LogP contribution in [0, 0.1) is 6.92 Å². The Kier molecular flexibility index (Phi) is 5.23. The Hall–Kier alpha value is -4.24. The molecule has 33 heavy (non-hydrogen) atoms. The van der Waals surface area contributed by atoms with Gasteiger partial charge in [0.2, 0.25) is 11.7 Å². The average Bonchev–Trinajstić information content (AvgIpc) is 3.46. The van der Waals surface area contributed by atoms with Gasteiger partial charge in [-0.2, -0.15) is 10.1 Å². The van der Waals surface area contributed by atoms with Gasteiger partial charge in [0.15, 0.2) is 0 Å². The van der Waals surface area contributed by atoms with Gasteiger partial charge in [0.1, 0.15) is 17.8 Å². The summed E-state index contributed by atoms with van der Waals surface area (Å²) < 4.78 is 13.5. The second-order valence-corrected chi connectivity index (χ2v) is 7.62. The minimum atomic E-state index is -0.331. The Morgan fingerprint density at radius 2 is 1.91 bits per heavy atom. The van der Waals surface area contributed by atoms with Crippen molar-refractivity contribution in [2.75, 3.05) is 7.11 Å². The standard InChI is InChI=1S/C24H21N5O4/c1-15-4-3-5-17(12-15)23-25-20(33-27-23)13-28-10-11-29-22(24(28)31)19(14-30)21(26-29)16-6-8-18(32-2)9-7-16/h3-12,30H,13-14H2,1-2H3. The van der Waals surface area contributed by atoms with E-state index < -0.39 is 0 Å². The molecule has 9 heteroatoms. The molecular formula is C24H21N5O4. The molecule has 166 valence electrons. The first-order valence-corrected chi connectivity index (χ1v) is 10.3. The van der Waals surface area contributed by atoms with Crippen molar-refractivity contribution in [1.29, 1.82) is 0 Å². The normalized spacial score (nSPS) is 11.2. The molecule has 0 atom stereocenters. The number of rotatable bonds is 6. The highest BCUT2D eigenvalue weighted by Gasteiger charge is 2.19.